The summed E-state index contributed by atoms with van der Waals surface area (Å²) in [6.07, 6.45) is 2.37. The van der Waals surface area contributed by atoms with Crippen molar-refractivity contribution in [2.24, 2.45) is 5.92 Å². The third kappa shape index (κ3) is 2.39. The molecule has 21 heavy (non-hydrogen) atoms. The maximum atomic E-state index is 5.46. The van der Waals surface area contributed by atoms with Gasteiger partial charge in [-0.05, 0) is 47.6 Å². The van der Waals surface area contributed by atoms with Gasteiger partial charge in [0.1, 0.15) is 0 Å². The lowest BCUT2D eigenvalue weighted by molar-refractivity contribution is 0.0658. The van der Waals surface area contributed by atoms with Gasteiger partial charge in [0.25, 0.3) is 0 Å². The van der Waals surface area contributed by atoms with Crippen LogP contribution in [0.2, 0.25) is 0 Å². The Bertz CT molecular complexity index is 585. The summed E-state index contributed by atoms with van der Waals surface area (Å²) in [5.41, 5.74) is 5.62. The molecule has 108 valence electrons. The van der Waals surface area contributed by atoms with Gasteiger partial charge in [0.15, 0.2) is 0 Å². The van der Waals surface area contributed by atoms with E-state index in [2.05, 4.69) is 53.8 Å². The first-order valence-corrected chi connectivity index (χ1v) is 7.93. The molecule has 0 bridgehead atoms. The Morgan fingerprint density at radius 3 is 2.05 bits per heavy atom. The molecule has 2 aromatic rings. The molecule has 0 saturated carbocycles. The fourth-order valence-electron chi connectivity index (χ4n) is 3.61. The predicted octanol–water partition coefficient (Wildman–Crippen LogP) is 3.77. The van der Waals surface area contributed by atoms with Gasteiger partial charge in [0, 0.05) is 13.2 Å². The zero-order chi connectivity index (χ0) is 14.1. The Labute approximate surface area is 126 Å². The molecule has 2 aromatic carbocycles. The zero-order valence-electron chi connectivity index (χ0n) is 12.2. The molecule has 0 amide bonds. The molecular formula is C19H21NO. The summed E-state index contributed by atoms with van der Waals surface area (Å²) >= 11 is 0. The van der Waals surface area contributed by atoms with Crippen LogP contribution in [0, 0.1) is 5.92 Å². The van der Waals surface area contributed by atoms with Gasteiger partial charge in [0.2, 0.25) is 0 Å². The lowest BCUT2D eigenvalue weighted by Crippen LogP contribution is -2.30. The summed E-state index contributed by atoms with van der Waals surface area (Å²) in [5.74, 6) is 0.749. The van der Waals surface area contributed by atoms with Gasteiger partial charge in [0.05, 0.1) is 6.04 Å². The van der Waals surface area contributed by atoms with E-state index in [4.69, 9.17) is 4.74 Å². The van der Waals surface area contributed by atoms with Crippen LogP contribution in [0.3, 0.4) is 0 Å². The third-order valence-corrected chi connectivity index (χ3v) is 4.79. The van der Waals surface area contributed by atoms with Crippen LogP contribution < -0.4 is 5.32 Å². The second-order valence-corrected chi connectivity index (χ2v) is 6.07. The molecule has 1 heterocycles. The Kier molecular flexibility index (Phi) is 3.50. The minimum atomic E-state index is 0.347. The molecule has 1 aliphatic carbocycles. The summed E-state index contributed by atoms with van der Waals surface area (Å²) < 4.78 is 5.46. The SMILES string of the molecule is c1ccc2c(c1)-c1ccccc1C2NCC1CCOCC1. The van der Waals surface area contributed by atoms with E-state index in [0.29, 0.717) is 6.04 Å². The highest BCUT2D eigenvalue weighted by Gasteiger charge is 2.28. The van der Waals surface area contributed by atoms with Crippen molar-refractivity contribution < 1.29 is 4.74 Å². The first kappa shape index (κ1) is 13.1. The number of fused-ring (bicyclic) bond motifs is 3. The Morgan fingerprint density at radius 2 is 1.43 bits per heavy atom. The summed E-state index contributed by atoms with van der Waals surface area (Å²) in [5, 5.41) is 3.81. The maximum Gasteiger partial charge on any atom is 0.0589 e. The fraction of sp³-hybridized carbons (Fsp3) is 0.368. The maximum absolute atomic E-state index is 5.46. The summed E-state index contributed by atoms with van der Waals surface area (Å²) in [6.45, 7) is 2.92. The van der Waals surface area contributed by atoms with Gasteiger partial charge in [-0.2, -0.15) is 0 Å². The summed E-state index contributed by atoms with van der Waals surface area (Å²) in [7, 11) is 0. The van der Waals surface area contributed by atoms with Gasteiger partial charge < -0.3 is 10.1 Å². The average Bonchev–Trinajstić information content (AvgIpc) is 2.88. The van der Waals surface area contributed by atoms with E-state index in [1.165, 1.54) is 35.1 Å². The molecule has 1 N–H and O–H groups in total. The third-order valence-electron chi connectivity index (χ3n) is 4.79. The number of rotatable bonds is 3. The molecule has 0 atom stereocenters. The highest BCUT2D eigenvalue weighted by Crippen LogP contribution is 2.43. The quantitative estimate of drug-likeness (QED) is 0.923. The standard InChI is InChI=1S/C19H21NO/c1-3-7-17-15(5-1)16-6-2-4-8-18(16)19(17)20-13-14-9-11-21-12-10-14/h1-8,14,19-20H,9-13H2. The van der Waals surface area contributed by atoms with Crippen LogP contribution in [0.15, 0.2) is 48.5 Å². The zero-order valence-corrected chi connectivity index (χ0v) is 12.2. The number of hydrogen-bond acceptors (Lipinski definition) is 2. The molecule has 2 heteroatoms. The lowest BCUT2D eigenvalue weighted by atomic mass is 9.98. The molecule has 0 spiro atoms. The van der Waals surface area contributed by atoms with Crippen LogP contribution >= 0.6 is 0 Å². The van der Waals surface area contributed by atoms with Crippen molar-refractivity contribution in [2.75, 3.05) is 19.8 Å². The van der Waals surface area contributed by atoms with Crippen LogP contribution in [-0.2, 0) is 4.74 Å². The van der Waals surface area contributed by atoms with Crippen molar-refractivity contribution in [1.82, 2.24) is 5.32 Å². The second-order valence-electron chi connectivity index (χ2n) is 6.07. The van der Waals surface area contributed by atoms with Crippen molar-refractivity contribution >= 4 is 0 Å². The summed E-state index contributed by atoms with van der Waals surface area (Å²) in [4.78, 5) is 0. The highest BCUT2D eigenvalue weighted by atomic mass is 16.5. The van der Waals surface area contributed by atoms with Crippen LogP contribution in [0.1, 0.15) is 30.0 Å². The van der Waals surface area contributed by atoms with E-state index in [-0.39, 0.29) is 0 Å². The van der Waals surface area contributed by atoms with Crippen molar-refractivity contribution in [1.29, 1.82) is 0 Å². The van der Waals surface area contributed by atoms with E-state index < -0.39 is 0 Å². The van der Waals surface area contributed by atoms with E-state index in [1.807, 2.05) is 0 Å². The Hall–Kier alpha value is -1.64. The molecule has 0 radical (unpaired) electrons. The van der Waals surface area contributed by atoms with Crippen molar-refractivity contribution in [3.8, 4) is 11.1 Å². The topological polar surface area (TPSA) is 21.3 Å². The van der Waals surface area contributed by atoms with Crippen molar-refractivity contribution in [2.45, 2.75) is 18.9 Å². The first-order valence-electron chi connectivity index (χ1n) is 7.93. The van der Waals surface area contributed by atoms with E-state index in [9.17, 15) is 0 Å². The van der Waals surface area contributed by atoms with Gasteiger partial charge in [-0.25, -0.2) is 0 Å². The van der Waals surface area contributed by atoms with Gasteiger partial charge >= 0.3 is 0 Å². The van der Waals surface area contributed by atoms with Crippen molar-refractivity contribution in [3.63, 3.8) is 0 Å². The molecule has 4 rings (SSSR count). The first-order chi connectivity index (χ1) is 10.4. The molecule has 1 fully saturated rings. The Morgan fingerprint density at radius 1 is 0.857 bits per heavy atom. The molecular weight excluding hydrogens is 258 g/mol. The molecule has 0 aromatic heterocycles. The van der Waals surface area contributed by atoms with Crippen LogP contribution in [0.25, 0.3) is 11.1 Å². The molecule has 2 aliphatic rings. The monoisotopic (exact) mass is 279 g/mol. The van der Waals surface area contributed by atoms with E-state index >= 15 is 0 Å². The number of ether oxygens (including phenoxy) is 1. The van der Waals surface area contributed by atoms with E-state index in [1.54, 1.807) is 0 Å². The lowest BCUT2D eigenvalue weighted by Gasteiger charge is -2.25. The number of benzene rings is 2. The highest BCUT2D eigenvalue weighted by molar-refractivity contribution is 5.78. The van der Waals surface area contributed by atoms with Gasteiger partial charge in [-0.1, -0.05) is 48.5 Å². The van der Waals surface area contributed by atoms with Crippen LogP contribution in [0.5, 0.6) is 0 Å². The van der Waals surface area contributed by atoms with Crippen LogP contribution in [-0.4, -0.2) is 19.8 Å². The molecule has 2 nitrogen and oxygen atoms in total. The van der Waals surface area contributed by atoms with Crippen LogP contribution in [0.4, 0.5) is 0 Å². The Balaban J connectivity index is 1.59. The average molecular weight is 279 g/mol. The van der Waals surface area contributed by atoms with Gasteiger partial charge in [-0.3, -0.25) is 0 Å². The largest absolute Gasteiger partial charge is 0.381 e. The fourth-order valence-corrected chi connectivity index (χ4v) is 3.61. The molecule has 1 saturated heterocycles. The normalized spacial score (nSPS) is 18.5. The second kappa shape index (κ2) is 5.63. The predicted molar refractivity (Wildman–Crippen MR) is 85.3 cm³/mol. The minimum Gasteiger partial charge on any atom is -0.381 e. The molecule has 0 unspecified atom stereocenters. The minimum absolute atomic E-state index is 0.347. The van der Waals surface area contributed by atoms with Gasteiger partial charge in [-0.15, -0.1) is 0 Å². The summed E-state index contributed by atoms with van der Waals surface area (Å²) in [6, 6.07) is 17.9. The van der Waals surface area contributed by atoms with E-state index in [0.717, 1.165) is 25.7 Å². The van der Waals surface area contributed by atoms with Crippen molar-refractivity contribution in [3.05, 3.63) is 59.7 Å². The number of hydrogen-bond donors (Lipinski definition) is 1. The smallest absolute Gasteiger partial charge is 0.0589 e. The molecule has 1 aliphatic heterocycles. The number of nitrogens with one attached hydrogen (secondary N) is 1.